The molecule has 0 amide bonds. The second kappa shape index (κ2) is 4.94. The first-order valence-electron chi connectivity index (χ1n) is 5.57. The second-order valence-electron chi connectivity index (χ2n) is 4.53. The van der Waals surface area contributed by atoms with Crippen molar-refractivity contribution in [1.82, 2.24) is 10.2 Å². The summed E-state index contributed by atoms with van der Waals surface area (Å²) in [5, 5.41) is 3.29. The molecule has 0 aromatic rings. The van der Waals surface area contributed by atoms with Gasteiger partial charge in [-0.25, -0.2) is 0 Å². The molecule has 1 unspecified atom stereocenters. The van der Waals surface area contributed by atoms with Crippen LogP contribution < -0.4 is 5.32 Å². The van der Waals surface area contributed by atoms with Crippen LogP contribution in [-0.2, 0) is 9.53 Å². The number of methoxy groups -OCH3 is 1. The summed E-state index contributed by atoms with van der Waals surface area (Å²) in [6, 6.07) is 0. The van der Waals surface area contributed by atoms with Gasteiger partial charge in [-0.15, -0.1) is 0 Å². The van der Waals surface area contributed by atoms with Gasteiger partial charge in [0.2, 0.25) is 0 Å². The normalized spacial score (nSPS) is 22.5. The Morgan fingerprint density at radius 3 is 2.33 bits per heavy atom. The summed E-state index contributed by atoms with van der Waals surface area (Å²) in [6.07, 6.45) is 0. The Kier molecular flexibility index (Phi) is 4.11. The third-order valence-electron chi connectivity index (χ3n) is 3.50. The minimum Gasteiger partial charge on any atom is -0.468 e. The first-order chi connectivity index (χ1) is 7.03. The van der Waals surface area contributed by atoms with E-state index in [1.807, 2.05) is 6.92 Å². The third kappa shape index (κ3) is 2.32. The van der Waals surface area contributed by atoms with E-state index in [0.717, 1.165) is 26.2 Å². The lowest BCUT2D eigenvalue weighted by atomic mass is 9.86. The fourth-order valence-electron chi connectivity index (χ4n) is 2.07. The lowest BCUT2D eigenvalue weighted by molar-refractivity contribution is -0.158. The van der Waals surface area contributed by atoms with Crippen molar-refractivity contribution in [3.8, 4) is 0 Å². The van der Waals surface area contributed by atoms with Crippen molar-refractivity contribution in [2.45, 2.75) is 26.3 Å². The molecule has 1 rings (SSSR count). The van der Waals surface area contributed by atoms with E-state index in [1.54, 1.807) is 0 Å². The van der Waals surface area contributed by atoms with Gasteiger partial charge in [0.05, 0.1) is 7.11 Å². The molecule has 88 valence electrons. The first-order valence-corrected chi connectivity index (χ1v) is 5.57. The van der Waals surface area contributed by atoms with Crippen molar-refractivity contribution < 1.29 is 9.53 Å². The summed E-state index contributed by atoms with van der Waals surface area (Å²) in [5.41, 5.74) is -0.489. The van der Waals surface area contributed by atoms with E-state index in [1.165, 1.54) is 7.11 Å². The third-order valence-corrected chi connectivity index (χ3v) is 3.50. The van der Waals surface area contributed by atoms with Crippen molar-refractivity contribution in [3.05, 3.63) is 0 Å². The molecule has 1 heterocycles. The number of carbonyl (C=O) groups is 1. The van der Waals surface area contributed by atoms with Gasteiger partial charge in [0.25, 0.3) is 0 Å². The molecule has 0 radical (unpaired) electrons. The Balaban J connectivity index is 2.83. The Morgan fingerprint density at radius 1 is 1.40 bits per heavy atom. The number of nitrogens with one attached hydrogen (secondary N) is 1. The molecule has 0 saturated carbocycles. The van der Waals surface area contributed by atoms with Crippen LogP contribution >= 0.6 is 0 Å². The van der Waals surface area contributed by atoms with Crippen LogP contribution in [0, 0.1) is 5.92 Å². The van der Waals surface area contributed by atoms with E-state index in [-0.39, 0.29) is 11.9 Å². The highest BCUT2D eigenvalue weighted by Gasteiger charge is 2.43. The monoisotopic (exact) mass is 214 g/mol. The maximum absolute atomic E-state index is 11.9. The molecule has 4 heteroatoms. The van der Waals surface area contributed by atoms with Gasteiger partial charge >= 0.3 is 5.97 Å². The molecule has 15 heavy (non-hydrogen) atoms. The minimum atomic E-state index is -0.489. The fraction of sp³-hybridized carbons (Fsp3) is 0.909. The highest BCUT2D eigenvalue weighted by atomic mass is 16.5. The molecule has 1 fully saturated rings. The summed E-state index contributed by atoms with van der Waals surface area (Å²) in [4.78, 5) is 14.1. The molecule has 4 nitrogen and oxygen atoms in total. The molecule has 1 N–H and O–H groups in total. The largest absolute Gasteiger partial charge is 0.468 e. The quantitative estimate of drug-likeness (QED) is 0.694. The van der Waals surface area contributed by atoms with Gasteiger partial charge < -0.3 is 10.1 Å². The Hall–Kier alpha value is -0.610. The van der Waals surface area contributed by atoms with Crippen molar-refractivity contribution in [2.24, 2.45) is 5.92 Å². The van der Waals surface area contributed by atoms with Gasteiger partial charge in [-0.05, 0) is 12.8 Å². The van der Waals surface area contributed by atoms with Gasteiger partial charge in [0.1, 0.15) is 5.54 Å². The Labute approximate surface area is 92.0 Å². The van der Waals surface area contributed by atoms with Gasteiger partial charge in [-0.1, -0.05) is 13.8 Å². The van der Waals surface area contributed by atoms with Crippen LogP contribution in [0.1, 0.15) is 20.8 Å². The molecule has 1 saturated heterocycles. The van der Waals surface area contributed by atoms with Crippen molar-refractivity contribution in [2.75, 3.05) is 33.3 Å². The number of hydrogen-bond acceptors (Lipinski definition) is 4. The average molecular weight is 214 g/mol. The predicted molar refractivity (Wildman–Crippen MR) is 59.7 cm³/mol. The minimum absolute atomic E-state index is 0.126. The number of carbonyl (C=O) groups excluding carboxylic acids is 1. The molecule has 1 aliphatic rings. The number of piperazine rings is 1. The average Bonchev–Trinajstić information content (AvgIpc) is 2.27. The number of ether oxygens (including phenoxy) is 1. The zero-order valence-corrected chi connectivity index (χ0v) is 10.2. The lowest BCUT2D eigenvalue weighted by Crippen LogP contribution is -2.61. The van der Waals surface area contributed by atoms with E-state index in [2.05, 4.69) is 24.1 Å². The molecule has 0 spiro atoms. The number of rotatable bonds is 3. The molecule has 0 aromatic heterocycles. The molecule has 1 atom stereocenters. The smallest absolute Gasteiger partial charge is 0.326 e. The standard InChI is InChI=1S/C11H22N2O2/c1-9(2)11(3,10(14)15-4)13-7-5-12-6-8-13/h9,12H,5-8H2,1-4H3. The molecule has 0 aromatic carbocycles. The summed E-state index contributed by atoms with van der Waals surface area (Å²) < 4.78 is 4.93. The van der Waals surface area contributed by atoms with Crippen molar-refractivity contribution in [3.63, 3.8) is 0 Å². The van der Waals surface area contributed by atoms with Gasteiger partial charge in [-0.2, -0.15) is 0 Å². The van der Waals surface area contributed by atoms with Gasteiger partial charge in [0.15, 0.2) is 0 Å². The van der Waals surface area contributed by atoms with Crippen LogP contribution in [0.5, 0.6) is 0 Å². The van der Waals surface area contributed by atoms with E-state index in [9.17, 15) is 4.79 Å². The highest BCUT2D eigenvalue weighted by molar-refractivity contribution is 5.80. The number of esters is 1. The topological polar surface area (TPSA) is 41.6 Å². The van der Waals surface area contributed by atoms with E-state index < -0.39 is 5.54 Å². The Morgan fingerprint density at radius 2 is 1.93 bits per heavy atom. The summed E-state index contributed by atoms with van der Waals surface area (Å²) in [5.74, 6) is 0.127. The van der Waals surface area contributed by atoms with Crippen molar-refractivity contribution >= 4 is 5.97 Å². The van der Waals surface area contributed by atoms with Crippen LogP contribution in [0.2, 0.25) is 0 Å². The van der Waals surface area contributed by atoms with Crippen LogP contribution in [0.4, 0.5) is 0 Å². The summed E-state index contributed by atoms with van der Waals surface area (Å²) in [6.45, 7) is 9.82. The molecular formula is C11H22N2O2. The number of nitrogens with zero attached hydrogens (tertiary/aromatic N) is 1. The number of hydrogen-bond donors (Lipinski definition) is 1. The van der Waals surface area contributed by atoms with E-state index >= 15 is 0 Å². The summed E-state index contributed by atoms with van der Waals surface area (Å²) in [7, 11) is 1.46. The van der Waals surface area contributed by atoms with E-state index in [0.29, 0.717) is 0 Å². The van der Waals surface area contributed by atoms with Crippen LogP contribution in [-0.4, -0.2) is 49.7 Å². The highest BCUT2D eigenvalue weighted by Crippen LogP contribution is 2.26. The predicted octanol–water partition coefficient (Wildman–Crippen LogP) is 0.479. The van der Waals surface area contributed by atoms with Crippen molar-refractivity contribution in [1.29, 1.82) is 0 Å². The fourth-order valence-corrected chi connectivity index (χ4v) is 2.07. The molecule has 0 bridgehead atoms. The van der Waals surface area contributed by atoms with E-state index in [4.69, 9.17) is 4.74 Å². The zero-order valence-electron chi connectivity index (χ0n) is 10.2. The lowest BCUT2D eigenvalue weighted by Gasteiger charge is -2.43. The van der Waals surface area contributed by atoms with Gasteiger partial charge in [-0.3, -0.25) is 9.69 Å². The first kappa shape index (κ1) is 12.5. The van der Waals surface area contributed by atoms with Crippen LogP contribution in [0.3, 0.4) is 0 Å². The Bertz CT molecular complexity index is 225. The van der Waals surface area contributed by atoms with Gasteiger partial charge in [0, 0.05) is 26.2 Å². The van der Waals surface area contributed by atoms with Crippen LogP contribution in [0.15, 0.2) is 0 Å². The summed E-state index contributed by atoms with van der Waals surface area (Å²) >= 11 is 0. The maximum Gasteiger partial charge on any atom is 0.326 e. The SMILES string of the molecule is COC(=O)C(C)(C(C)C)N1CCNCC1. The zero-order chi connectivity index (χ0) is 11.5. The molecule has 0 aliphatic carbocycles. The molecule has 1 aliphatic heterocycles. The maximum atomic E-state index is 11.9. The van der Waals surface area contributed by atoms with Crippen LogP contribution in [0.25, 0.3) is 0 Å². The second-order valence-corrected chi connectivity index (χ2v) is 4.53. The molecular weight excluding hydrogens is 192 g/mol.